The number of benzene rings is 1. The van der Waals surface area contributed by atoms with Gasteiger partial charge in [-0.2, -0.15) is 0 Å². The van der Waals surface area contributed by atoms with Gasteiger partial charge in [-0.3, -0.25) is 0 Å². The number of fused-ring (bicyclic) bond motifs is 2. The minimum atomic E-state index is -0.670. The predicted octanol–water partition coefficient (Wildman–Crippen LogP) is 3.04. The number of aliphatic hydroxyl groups excluding tert-OH is 2. The van der Waals surface area contributed by atoms with E-state index in [4.69, 9.17) is 14.2 Å². The third-order valence-corrected chi connectivity index (χ3v) is 6.91. The second kappa shape index (κ2) is 8.02. The van der Waals surface area contributed by atoms with E-state index in [0.29, 0.717) is 48.3 Å². The van der Waals surface area contributed by atoms with Gasteiger partial charge in [-0.15, -0.1) is 0 Å². The monoisotopic (exact) mass is 458 g/mol. The zero-order valence-corrected chi connectivity index (χ0v) is 17.7. The summed E-state index contributed by atoms with van der Waals surface area (Å²) in [5, 5.41) is 19.6. The van der Waals surface area contributed by atoms with Gasteiger partial charge < -0.3 is 29.4 Å². The van der Waals surface area contributed by atoms with Crippen LogP contribution in [0, 0.1) is 11.6 Å². The number of nitrogens with one attached hydrogen (secondary N) is 1. The van der Waals surface area contributed by atoms with Crippen molar-refractivity contribution in [1.82, 2.24) is 9.97 Å². The van der Waals surface area contributed by atoms with Crippen LogP contribution in [-0.4, -0.2) is 63.9 Å². The number of pyridine rings is 1. The maximum atomic E-state index is 15.0. The number of H-pyrrole nitrogens is 1. The van der Waals surface area contributed by atoms with Crippen LogP contribution in [0.1, 0.15) is 30.7 Å². The van der Waals surface area contributed by atoms with E-state index in [1.807, 2.05) is 0 Å². The van der Waals surface area contributed by atoms with Crippen LogP contribution in [0.3, 0.4) is 0 Å². The molecule has 1 saturated carbocycles. The molecule has 0 spiro atoms. The fraction of sp³-hybridized carbons (Fsp3) is 0.458. The van der Waals surface area contributed by atoms with Gasteiger partial charge in [0, 0.05) is 6.07 Å². The number of nitrogens with zero attached hydrogens (tertiary/aromatic N) is 1. The highest BCUT2D eigenvalue weighted by atomic mass is 19.1. The second-order valence-electron chi connectivity index (χ2n) is 9.11. The van der Waals surface area contributed by atoms with Gasteiger partial charge in [-0.25, -0.2) is 13.8 Å². The Hall–Kier alpha value is -2.59. The van der Waals surface area contributed by atoms with E-state index in [2.05, 4.69) is 9.97 Å². The Bertz CT molecular complexity index is 1180. The predicted molar refractivity (Wildman–Crippen MR) is 114 cm³/mol. The molecule has 3 fully saturated rings. The summed E-state index contributed by atoms with van der Waals surface area (Å²) in [6.07, 6.45) is -0.321. The van der Waals surface area contributed by atoms with Crippen molar-refractivity contribution >= 4 is 11.0 Å². The summed E-state index contributed by atoms with van der Waals surface area (Å²) in [4.78, 5) is 7.55. The molecule has 7 nitrogen and oxygen atoms in total. The fourth-order valence-electron chi connectivity index (χ4n) is 5.23. The second-order valence-corrected chi connectivity index (χ2v) is 9.11. The van der Waals surface area contributed by atoms with Gasteiger partial charge in [0.05, 0.1) is 41.6 Å². The summed E-state index contributed by atoms with van der Waals surface area (Å²) >= 11 is 0. The van der Waals surface area contributed by atoms with Gasteiger partial charge in [0.1, 0.15) is 29.9 Å². The molecule has 1 aliphatic carbocycles. The van der Waals surface area contributed by atoms with Crippen LogP contribution in [0.4, 0.5) is 8.78 Å². The first-order valence-electron chi connectivity index (χ1n) is 11.2. The Kier molecular flexibility index (Phi) is 5.10. The number of aliphatic hydroxyl groups is 2. The van der Waals surface area contributed by atoms with Crippen molar-refractivity contribution in [2.75, 3.05) is 13.2 Å². The van der Waals surface area contributed by atoms with E-state index in [1.165, 1.54) is 12.1 Å². The van der Waals surface area contributed by atoms with E-state index < -0.39 is 29.9 Å². The van der Waals surface area contributed by atoms with E-state index in [9.17, 15) is 19.0 Å². The molecule has 2 aromatic heterocycles. The summed E-state index contributed by atoms with van der Waals surface area (Å²) in [6, 6.07) is 7.64. The Balaban J connectivity index is 1.26. The zero-order valence-electron chi connectivity index (χ0n) is 17.7. The lowest BCUT2D eigenvalue weighted by atomic mass is 9.95. The molecule has 3 N–H and O–H groups in total. The topological polar surface area (TPSA) is 96.8 Å². The first kappa shape index (κ1) is 21.0. The van der Waals surface area contributed by atoms with Crippen LogP contribution >= 0.6 is 0 Å². The maximum Gasteiger partial charge on any atom is 0.193 e. The van der Waals surface area contributed by atoms with Crippen LogP contribution in [0.25, 0.3) is 22.3 Å². The molecule has 3 aliphatic rings. The average molecular weight is 458 g/mol. The van der Waals surface area contributed by atoms with Crippen molar-refractivity contribution < 1.29 is 33.2 Å². The minimum absolute atomic E-state index is 0.0398. The summed E-state index contributed by atoms with van der Waals surface area (Å²) in [5.74, 6) is -0.945. The Morgan fingerprint density at radius 3 is 2.55 bits per heavy atom. The molecule has 2 aliphatic heterocycles. The standard InChI is InChI=1S/C24H24F2N2O5/c25-14-6-12(11-1-2-13(29)5-11)7-15(26)22(14)17-4-3-16-18(27-17)8-21(28-16)33-20-10-32-23-19(30)9-31-24(20)23/h3-4,6-8,11,13,19-20,23-24,28-30H,1-2,5,9-10H2/t11?,13-,19-,20-,23-,24-/m1/s1. The molecule has 2 saturated heterocycles. The van der Waals surface area contributed by atoms with Crippen LogP contribution in [0.15, 0.2) is 30.3 Å². The summed E-state index contributed by atoms with van der Waals surface area (Å²) in [6.45, 7) is 0.505. The number of ether oxygens (including phenoxy) is 3. The normalized spacial score (nSPS) is 31.4. The van der Waals surface area contributed by atoms with Crippen LogP contribution in [0.5, 0.6) is 5.88 Å². The van der Waals surface area contributed by atoms with Crippen molar-refractivity contribution in [2.24, 2.45) is 0 Å². The summed E-state index contributed by atoms with van der Waals surface area (Å²) in [7, 11) is 0. The van der Waals surface area contributed by atoms with Crippen LogP contribution in [0.2, 0.25) is 0 Å². The van der Waals surface area contributed by atoms with Crippen molar-refractivity contribution in [2.45, 2.75) is 55.7 Å². The van der Waals surface area contributed by atoms with Gasteiger partial charge in [-0.05, 0) is 55.0 Å². The van der Waals surface area contributed by atoms with Gasteiger partial charge in [0.2, 0.25) is 0 Å². The summed E-state index contributed by atoms with van der Waals surface area (Å²) < 4.78 is 47.0. The van der Waals surface area contributed by atoms with Gasteiger partial charge in [0.25, 0.3) is 0 Å². The van der Waals surface area contributed by atoms with Gasteiger partial charge in [-0.1, -0.05) is 0 Å². The Morgan fingerprint density at radius 2 is 1.79 bits per heavy atom. The molecule has 174 valence electrons. The molecule has 6 atom stereocenters. The molecular formula is C24H24F2N2O5. The number of halogens is 2. The molecule has 1 unspecified atom stereocenters. The van der Waals surface area contributed by atoms with Crippen molar-refractivity contribution in [1.29, 1.82) is 0 Å². The maximum absolute atomic E-state index is 15.0. The molecule has 4 heterocycles. The van der Waals surface area contributed by atoms with E-state index in [1.54, 1.807) is 18.2 Å². The SMILES string of the molecule is O[C@@H]1CCC(c2cc(F)c(-c3ccc4[nH]c(O[C@@H]5CO[C@H]6[C@@H]5OC[C@H]6O)cc4n3)c(F)c2)C1. The number of rotatable bonds is 4. The lowest BCUT2D eigenvalue weighted by molar-refractivity contribution is 0.00794. The number of aromatic nitrogens is 2. The molecule has 1 aromatic carbocycles. The minimum Gasteiger partial charge on any atom is -0.470 e. The molecule has 9 heteroatoms. The number of hydrogen-bond acceptors (Lipinski definition) is 6. The third-order valence-electron chi connectivity index (χ3n) is 6.91. The Labute approximate surface area is 188 Å². The average Bonchev–Trinajstić information content (AvgIpc) is 3.54. The van der Waals surface area contributed by atoms with Crippen molar-refractivity contribution in [3.05, 3.63) is 47.5 Å². The highest BCUT2D eigenvalue weighted by Crippen LogP contribution is 2.37. The number of aromatic amines is 1. The smallest absolute Gasteiger partial charge is 0.193 e. The number of hydrogen-bond donors (Lipinski definition) is 3. The first-order chi connectivity index (χ1) is 16.0. The van der Waals surface area contributed by atoms with E-state index >= 15 is 0 Å². The third kappa shape index (κ3) is 3.69. The zero-order chi connectivity index (χ0) is 22.7. The molecule has 6 rings (SSSR count). The lowest BCUT2D eigenvalue weighted by Gasteiger charge is -2.16. The van der Waals surface area contributed by atoms with E-state index in [0.717, 1.165) is 0 Å². The fourth-order valence-corrected chi connectivity index (χ4v) is 5.23. The molecule has 3 aromatic rings. The van der Waals surface area contributed by atoms with Crippen LogP contribution < -0.4 is 4.74 Å². The van der Waals surface area contributed by atoms with Crippen molar-refractivity contribution in [3.63, 3.8) is 0 Å². The molecule has 0 radical (unpaired) electrons. The van der Waals surface area contributed by atoms with Gasteiger partial charge >= 0.3 is 0 Å². The highest BCUT2D eigenvalue weighted by molar-refractivity contribution is 5.80. The molecule has 0 bridgehead atoms. The highest BCUT2D eigenvalue weighted by Gasteiger charge is 2.48. The summed E-state index contributed by atoms with van der Waals surface area (Å²) in [5.41, 5.74) is 1.75. The van der Waals surface area contributed by atoms with Crippen molar-refractivity contribution in [3.8, 4) is 17.1 Å². The lowest BCUT2D eigenvalue weighted by Crippen LogP contribution is -2.34. The quantitative estimate of drug-likeness (QED) is 0.556. The van der Waals surface area contributed by atoms with E-state index in [-0.39, 0.29) is 36.0 Å². The Morgan fingerprint density at radius 1 is 1.00 bits per heavy atom. The molecule has 0 amide bonds. The van der Waals surface area contributed by atoms with Crippen LogP contribution in [-0.2, 0) is 9.47 Å². The molecular weight excluding hydrogens is 434 g/mol. The molecule has 33 heavy (non-hydrogen) atoms. The first-order valence-corrected chi connectivity index (χ1v) is 11.2. The largest absolute Gasteiger partial charge is 0.470 e. The van der Waals surface area contributed by atoms with Gasteiger partial charge in [0.15, 0.2) is 12.0 Å².